The van der Waals surface area contributed by atoms with Gasteiger partial charge in [0.15, 0.2) is 14.6 Å². The molecule has 32 heavy (non-hydrogen) atoms. The molecule has 2 saturated heterocycles. The van der Waals surface area contributed by atoms with Crippen LogP contribution in [0.4, 0.5) is 0 Å². The van der Waals surface area contributed by atoms with Gasteiger partial charge in [-0.15, -0.1) is 0 Å². The SMILES string of the molecule is CC(C)(C)[Si](C)(C)OC[C@@H]1[C@@H](CC(I)[C@@H]2CCCC(=O)O2)[C@@H](O)C[C@H]1OC1CCCCO1. The summed E-state index contributed by atoms with van der Waals surface area (Å²) in [5.41, 5.74) is 0. The van der Waals surface area contributed by atoms with Gasteiger partial charge in [-0.2, -0.15) is 0 Å². The van der Waals surface area contributed by atoms with Gasteiger partial charge in [-0.25, -0.2) is 0 Å². The fourth-order valence-electron chi connectivity index (χ4n) is 4.80. The lowest BCUT2D eigenvalue weighted by atomic mass is 9.88. The molecule has 8 heteroatoms. The van der Waals surface area contributed by atoms with Gasteiger partial charge in [-0.1, -0.05) is 43.4 Å². The van der Waals surface area contributed by atoms with Crippen LogP contribution < -0.4 is 0 Å². The zero-order valence-electron chi connectivity index (χ0n) is 20.5. The molecule has 6 nitrogen and oxygen atoms in total. The molecule has 0 radical (unpaired) electrons. The Morgan fingerprint density at radius 1 is 1.19 bits per heavy atom. The van der Waals surface area contributed by atoms with Crippen LogP contribution >= 0.6 is 22.6 Å². The highest BCUT2D eigenvalue weighted by molar-refractivity contribution is 14.1. The van der Waals surface area contributed by atoms with Crippen molar-refractivity contribution in [1.82, 2.24) is 0 Å². The van der Waals surface area contributed by atoms with E-state index < -0.39 is 14.4 Å². The first-order chi connectivity index (χ1) is 15.0. The molecule has 3 aliphatic rings. The molecular formula is C24H43IO6Si. The number of hydrogen-bond acceptors (Lipinski definition) is 6. The van der Waals surface area contributed by atoms with Crippen molar-refractivity contribution in [2.45, 2.75) is 119 Å². The Balaban J connectivity index is 1.70. The van der Waals surface area contributed by atoms with Gasteiger partial charge in [-0.05, 0) is 62.6 Å². The predicted molar refractivity (Wildman–Crippen MR) is 135 cm³/mol. The fraction of sp³-hybridized carbons (Fsp3) is 0.958. The number of aliphatic hydroxyl groups is 1. The van der Waals surface area contributed by atoms with Gasteiger partial charge >= 0.3 is 5.97 Å². The number of halogens is 1. The highest BCUT2D eigenvalue weighted by Crippen LogP contribution is 2.43. The second-order valence-corrected chi connectivity index (χ2v) is 17.8. The number of carbonyl (C=O) groups is 1. The highest BCUT2D eigenvalue weighted by atomic mass is 127. The van der Waals surface area contributed by atoms with E-state index in [4.69, 9.17) is 18.6 Å². The van der Waals surface area contributed by atoms with Crippen LogP contribution in [-0.4, -0.2) is 61.1 Å². The lowest BCUT2D eigenvalue weighted by Crippen LogP contribution is -2.44. The van der Waals surface area contributed by atoms with Gasteiger partial charge in [-0.3, -0.25) is 4.79 Å². The van der Waals surface area contributed by atoms with Crippen LogP contribution in [0.15, 0.2) is 0 Å². The summed E-state index contributed by atoms with van der Waals surface area (Å²) in [6.07, 6.45) is 6.11. The summed E-state index contributed by atoms with van der Waals surface area (Å²) in [6, 6.07) is 0. The number of carbonyl (C=O) groups excluding carboxylic acids is 1. The summed E-state index contributed by atoms with van der Waals surface area (Å²) in [4.78, 5) is 11.8. The average Bonchev–Trinajstić information content (AvgIpc) is 3.00. The van der Waals surface area contributed by atoms with Crippen LogP contribution in [0.5, 0.6) is 0 Å². The summed E-state index contributed by atoms with van der Waals surface area (Å²) < 4.78 is 24.7. The maximum Gasteiger partial charge on any atom is 0.306 e. The quantitative estimate of drug-likeness (QED) is 0.184. The van der Waals surface area contributed by atoms with Crippen molar-refractivity contribution in [3.05, 3.63) is 0 Å². The third-order valence-corrected chi connectivity index (χ3v) is 13.8. The minimum Gasteiger partial charge on any atom is -0.461 e. The number of hydrogen-bond donors (Lipinski definition) is 1. The van der Waals surface area contributed by atoms with E-state index in [9.17, 15) is 9.90 Å². The number of ether oxygens (including phenoxy) is 3. The van der Waals surface area contributed by atoms with Crippen LogP contribution in [0, 0.1) is 11.8 Å². The minimum absolute atomic E-state index is 0.0624. The van der Waals surface area contributed by atoms with Gasteiger partial charge in [0.1, 0.15) is 6.10 Å². The maximum atomic E-state index is 11.8. The van der Waals surface area contributed by atoms with E-state index >= 15 is 0 Å². The monoisotopic (exact) mass is 582 g/mol. The summed E-state index contributed by atoms with van der Waals surface area (Å²) >= 11 is 2.41. The topological polar surface area (TPSA) is 74.2 Å². The zero-order chi connectivity index (χ0) is 23.5. The molecule has 1 aliphatic carbocycles. The number of aliphatic hydroxyl groups excluding tert-OH is 1. The lowest BCUT2D eigenvalue weighted by Gasteiger charge is -2.39. The Morgan fingerprint density at radius 3 is 2.56 bits per heavy atom. The first kappa shape index (κ1) is 26.9. The molecule has 0 aromatic carbocycles. The standard InChI is InChI=1S/C24H43IO6Si/c1-24(2,3)32(4,5)29-15-17-16(13-18(25)20-9-8-10-22(27)30-20)19(26)14-21(17)31-23-11-6-7-12-28-23/h16-21,23,26H,6-15H2,1-5H3/t16-,17-,18?,19+,20+,21-,23?/m1/s1. The molecule has 1 N–H and O–H groups in total. The number of alkyl halides is 1. The molecule has 2 aliphatic heterocycles. The van der Waals surface area contributed by atoms with E-state index in [2.05, 4.69) is 56.5 Å². The molecule has 2 heterocycles. The van der Waals surface area contributed by atoms with Gasteiger partial charge in [0, 0.05) is 35.9 Å². The summed E-state index contributed by atoms with van der Waals surface area (Å²) in [7, 11) is -1.93. The molecule has 186 valence electrons. The van der Waals surface area contributed by atoms with Crippen molar-refractivity contribution < 1.29 is 28.5 Å². The minimum atomic E-state index is -1.93. The van der Waals surface area contributed by atoms with Crippen molar-refractivity contribution in [3.63, 3.8) is 0 Å². The fourth-order valence-corrected chi connectivity index (χ4v) is 6.94. The molecule has 0 bridgehead atoms. The van der Waals surface area contributed by atoms with Crippen LogP contribution in [0.3, 0.4) is 0 Å². The van der Waals surface area contributed by atoms with Crippen LogP contribution in [0.25, 0.3) is 0 Å². The van der Waals surface area contributed by atoms with E-state index in [0.717, 1.165) is 45.1 Å². The van der Waals surface area contributed by atoms with E-state index in [1.54, 1.807) is 0 Å². The molecule has 1 saturated carbocycles. The smallest absolute Gasteiger partial charge is 0.306 e. The largest absolute Gasteiger partial charge is 0.461 e. The third-order valence-electron chi connectivity index (χ3n) is 7.96. The molecule has 2 unspecified atom stereocenters. The second-order valence-electron chi connectivity index (χ2n) is 11.3. The van der Waals surface area contributed by atoms with Crippen molar-refractivity contribution >= 4 is 36.9 Å². The van der Waals surface area contributed by atoms with Gasteiger partial charge in [0.2, 0.25) is 0 Å². The Labute approximate surface area is 208 Å². The number of esters is 1. The lowest BCUT2D eigenvalue weighted by molar-refractivity contribution is -0.198. The van der Waals surface area contributed by atoms with Crippen LogP contribution in [0.1, 0.15) is 72.1 Å². The van der Waals surface area contributed by atoms with Crippen molar-refractivity contribution in [1.29, 1.82) is 0 Å². The van der Waals surface area contributed by atoms with E-state index in [1.807, 2.05) is 0 Å². The third kappa shape index (κ3) is 6.90. The highest BCUT2D eigenvalue weighted by Gasteiger charge is 2.47. The van der Waals surface area contributed by atoms with Gasteiger partial charge < -0.3 is 23.7 Å². The molecule has 3 fully saturated rings. The molecule has 7 atom stereocenters. The molecular weight excluding hydrogens is 539 g/mol. The Bertz CT molecular complexity index is 618. The first-order valence-electron chi connectivity index (χ1n) is 12.4. The Kier molecular flexibility index (Phi) is 9.51. The summed E-state index contributed by atoms with van der Waals surface area (Å²) in [5, 5.41) is 11.2. The van der Waals surface area contributed by atoms with E-state index in [1.165, 1.54) is 0 Å². The Morgan fingerprint density at radius 2 is 1.94 bits per heavy atom. The molecule has 0 aromatic heterocycles. The van der Waals surface area contributed by atoms with Crippen LogP contribution in [0.2, 0.25) is 18.1 Å². The zero-order valence-corrected chi connectivity index (χ0v) is 23.6. The summed E-state index contributed by atoms with van der Waals surface area (Å²) in [6.45, 7) is 12.7. The van der Waals surface area contributed by atoms with Crippen LogP contribution in [-0.2, 0) is 23.4 Å². The van der Waals surface area contributed by atoms with Gasteiger partial charge in [0.05, 0.1) is 12.2 Å². The van der Waals surface area contributed by atoms with Crippen molar-refractivity contribution in [2.75, 3.05) is 13.2 Å². The van der Waals surface area contributed by atoms with Gasteiger partial charge in [0.25, 0.3) is 0 Å². The number of cyclic esters (lactones) is 1. The van der Waals surface area contributed by atoms with Crippen molar-refractivity contribution in [2.24, 2.45) is 11.8 Å². The number of rotatable bonds is 8. The molecule has 0 spiro atoms. The van der Waals surface area contributed by atoms with E-state index in [-0.39, 0.29) is 45.3 Å². The Hall–Kier alpha value is 0.257. The molecule has 0 aromatic rings. The molecule has 0 amide bonds. The second kappa shape index (κ2) is 11.3. The maximum absolute atomic E-state index is 11.8. The summed E-state index contributed by atoms with van der Waals surface area (Å²) in [5.74, 6) is 0.0838. The first-order valence-corrected chi connectivity index (χ1v) is 16.6. The van der Waals surface area contributed by atoms with E-state index in [0.29, 0.717) is 19.4 Å². The normalized spacial score (nSPS) is 35.5. The van der Waals surface area contributed by atoms with Crippen molar-refractivity contribution in [3.8, 4) is 0 Å². The predicted octanol–water partition coefficient (Wildman–Crippen LogP) is 5.21. The average molecular weight is 583 g/mol. The molecule has 3 rings (SSSR count).